The molecule has 1 aliphatic heterocycles. The van der Waals surface area contributed by atoms with E-state index >= 15 is 0 Å². The minimum atomic E-state index is -3.05. The summed E-state index contributed by atoms with van der Waals surface area (Å²) < 4.78 is 28.1. The van der Waals surface area contributed by atoms with Crippen molar-refractivity contribution < 1.29 is 22.7 Å². The summed E-state index contributed by atoms with van der Waals surface area (Å²) in [4.78, 5) is 25.1. The van der Waals surface area contributed by atoms with Gasteiger partial charge in [0.05, 0.1) is 18.1 Å². The molecule has 8 heteroatoms. The normalized spacial score (nSPS) is 19.1. The number of nitrogens with zero attached hydrogens (tertiary/aromatic N) is 1. The lowest BCUT2D eigenvalue weighted by molar-refractivity contribution is -0.133. The lowest BCUT2D eigenvalue weighted by atomic mass is 10.2. The summed E-state index contributed by atoms with van der Waals surface area (Å²) in [7, 11) is -1.49. The molecule has 0 radical (unpaired) electrons. The number of rotatable bonds is 6. The first-order chi connectivity index (χ1) is 10.9. The Morgan fingerprint density at radius 3 is 2.61 bits per heavy atom. The molecule has 1 aromatic carbocycles. The van der Waals surface area contributed by atoms with Crippen LogP contribution in [0.5, 0.6) is 5.75 Å². The highest BCUT2D eigenvalue weighted by atomic mass is 32.2. The molecule has 0 spiro atoms. The Balaban J connectivity index is 1.72. The van der Waals surface area contributed by atoms with Crippen LogP contribution in [0.25, 0.3) is 0 Å². The van der Waals surface area contributed by atoms with E-state index in [1.165, 1.54) is 4.90 Å². The maximum absolute atomic E-state index is 12.0. The van der Waals surface area contributed by atoms with Gasteiger partial charge in [-0.15, -0.1) is 0 Å². The Morgan fingerprint density at radius 2 is 2.00 bits per heavy atom. The van der Waals surface area contributed by atoms with Gasteiger partial charge in [-0.25, -0.2) is 8.42 Å². The number of carbonyl (C=O) groups excluding carboxylic acids is 2. The number of carbonyl (C=O) groups is 2. The number of hydrogen-bond donors (Lipinski definition) is 1. The van der Waals surface area contributed by atoms with Crippen LogP contribution in [-0.4, -0.2) is 62.9 Å². The number of sulfone groups is 1. The minimum Gasteiger partial charge on any atom is -0.484 e. The summed E-state index contributed by atoms with van der Waals surface area (Å²) in [6.07, 6.45) is 0.440. The van der Waals surface area contributed by atoms with Crippen LogP contribution >= 0.6 is 0 Å². The van der Waals surface area contributed by atoms with E-state index < -0.39 is 15.7 Å². The molecule has 1 saturated heterocycles. The number of amides is 2. The highest BCUT2D eigenvalue weighted by Crippen LogP contribution is 2.16. The van der Waals surface area contributed by atoms with Gasteiger partial charge in [0, 0.05) is 13.1 Å². The third-order valence-corrected chi connectivity index (χ3v) is 5.45. The fourth-order valence-corrected chi connectivity index (χ4v) is 4.07. The number of benzene rings is 1. The first-order valence-electron chi connectivity index (χ1n) is 7.28. The first kappa shape index (κ1) is 17.3. The number of likely N-dealkylation sites (N-methyl/N-ethyl adjacent to an activating group) is 1. The van der Waals surface area contributed by atoms with Crippen molar-refractivity contribution in [1.29, 1.82) is 0 Å². The second-order valence-corrected chi connectivity index (χ2v) is 7.67. The summed E-state index contributed by atoms with van der Waals surface area (Å²) in [6.45, 7) is -0.358. The number of nitrogens with one attached hydrogen (secondary N) is 1. The molecule has 1 fully saturated rings. The highest BCUT2D eigenvalue weighted by Gasteiger charge is 2.32. The van der Waals surface area contributed by atoms with Gasteiger partial charge in [-0.2, -0.15) is 0 Å². The predicted molar refractivity (Wildman–Crippen MR) is 84.8 cm³/mol. The average Bonchev–Trinajstić information content (AvgIpc) is 2.90. The smallest absolute Gasteiger partial charge is 0.258 e. The molecule has 7 nitrogen and oxygen atoms in total. The molecule has 0 aliphatic carbocycles. The van der Waals surface area contributed by atoms with Crippen molar-refractivity contribution in [3.8, 4) is 5.75 Å². The number of ether oxygens (including phenoxy) is 1. The molecule has 126 valence electrons. The molecule has 1 atom stereocenters. The molecule has 1 aromatic rings. The van der Waals surface area contributed by atoms with Crippen molar-refractivity contribution in [2.45, 2.75) is 12.5 Å². The summed E-state index contributed by atoms with van der Waals surface area (Å²) in [6, 6.07) is 8.57. The van der Waals surface area contributed by atoms with E-state index in [2.05, 4.69) is 5.32 Å². The third-order valence-electron chi connectivity index (χ3n) is 3.70. The topological polar surface area (TPSA) is 92.8 Å². The Labute approximate surface area is 135 Å². The van der Waals surface area contributed by atoms with Crippen molar-refractivity contribution in [2.75, 3.05) is 31.7 Å². The molecular formula is C15H20N2O5S. The van der Waals surface area contributed by atoms with Gasteiger partial charge in [-0.1, -0.05) is 18.2 Å². The molecule has 1 unspecified atom stereocenters. The van der Waals surface area contributed by atoms with Gasteiger partial charge in [0.25, 0.3) is 5.91 Å². The maximum atomic E-state index is 12.0. The molecule has 0 bridgehead atoms. The van der Waals surface area contributed by atoms with E-state index in [-0.39, 0.29) is 36.6 Å². The van der Waals surface area contributed by atoms with Crippen molar-refractivity contribution in [2.24, 2.45) is 0 Å². The van der Waals surface area contributed by atoms with Crippen LogP contribution in [0.3, 0.4) is 0 Å². The number of hydrogen-bond acceptors (Lipinski definition) is 5. The molecule has 23 heavy (non-hydrogen) atoms. The predicted octanol–water partition coefficient (Wildman–Crippen LogP) is -0.173. The third kappa shape index (κ3) is 5.24. The Bertz CT molecular complexity index is 660. The van der Waals surface area contributed by atoms with Crippen LogP contribution in [0.4, 0.5) is 0 Å². The molecule has 0 aromatic heterocycles. The summed E-state index contributed by atoms with van der Waals surface area (Å²) in [5.74, 6) is -0.0654. The van der Waals surface area contributed by atoms with Gasteiger partial charge < -0.3 is 15.0 Å². The quantitative estimate of drug-likeness (QED) is 0.776. The second-order valence-electron chi connectivity index (χ2n) is 5.44. The van der Waals surface area contributed by atoms with Gasteiger partial charge >= 0.3 is 0 Å². The second kappa shape index (κ2) is 7.45. The molecule has 0 saturated carbocycles. The zero-order valence-electron chi connectivity index (χ0n) is 12.9. The van der Waals surface area contributed by atoms with Crippen LogP contribution in [0, 0.1) is 0 Å². The van der Waals surface area contributed by atoms with E-state index in [9.17, 15) is 18.0 Å². The lowest BCUT2D eigenvalue weighted by Crippen LogP contribution is -2.44. The van der Waals surface area contributed by atoms with Crippen LogP contribution < -0.4 is 10.1 Å². The van der Waals surface area contributed by atoms with E-state index in [0.717, 1.165) is 0 Å². The van der Waals surface area contributed by atoms with Crippen molar-refractivity contribution >= 4 is 21.7 Å². The molecule has 1 heterocycles. The van der Waals surface area contributed by atoms with Crippen molar-refractivity contribution in [3.63, 3.8) is 0 Å². The zero-order chi connectivity index (χ0) is 16.9. The average molecular weight is 340 g/mol. The zero-order valence-corrected chi connectivity index (χ0v) is 13.7. The SMILES string of the molecule is CN(C(=O)CNC(=O)COc1ccccc1)C1CCS(=O)(=O)C1. The van der Waals surface area contributed by atoms with Crippen molar-refractivity contribution in [1.82, 2.24) is 10.2 Å². The van der Waals surface area contributed by atoms with Crippen molar-refractivity contribution in [3.05, 3.63) is 30.3 Å². The van der Waals surface area contributed by atoms with E-state index in [0.29, 0.717) is 12.2 Å². The maximum Gasteiger partial charge on any atom is 0.258 e. The lowest BCUT2D eigenvalue weighted by Gasteiger charge is -2.23. The standard InChI is InChI=1S/C15H20N2O5S/c1-17(12-7-8-23(20,21)11-12)15(19)9-16-14(18)10-22-13-5-3-2-4-6-13/h2-6,12H,7-11H2,1H3,(H,16,18). The van der Waals surface area contributed by atoms with E-state index in [4.69, 9.17) is 4.74 Å². The van der Waals surface area contributed by atoms with Gasteiger partial charge in [-0.3, -0.25) is 9.59 Å². The van der Waals surface area contributed by atoms with Gasteiger partial charge in [0.1, 0.15) is 5.75 Å². The molecular weight excluding hydrogens is 320 g/mol. The van der Waals surface area contributed by atoms with Crippen LogP contribution in [-0.2, 0) is 19.4 Å². The fraction of sp³-hybridized carbons (Fsp3) is 0.467. The van der Waals surface area contributed by atoms with E-state index in [1.54, 1.807) is 31.3 Å². The molecule has 2 rings (SSSR count). The molecule has 2 amide bonds. The Hall–Kier alpha value is -2.09. The summed E-state index contributed by atoms with van der Waals surface area (Å²) >= 11 is 0. The molecule has 1 aliphatic rings. The summed E-state index contributed by atoms with van der Waals surface area (Å²) in [5, 5.41) is 2.47. The first-order valence-corrected chi connectivity index (χ1v) is 9.10. The summed E-state index contributed by atoms with van der Waals surface area (Å²) in [5.41, 5.74) is 0. The monoisotopic (exact) mass is 340 g/mol. The fourth-order valence-electron chi connectivity index (χ4n) is 2.30. The van der Waals surface area contributed by atoms with Gasteiger partial charge in [0.2, 0.25) is 5.91 Å². The van der Waals surface area contributed by atoms with Crippen LogP contribution in [0.2, 0.25) is 0 Å². The van der Waals surface area contributed by atoms with Gasteiger partial charge in [-0.05, 0) is 18.6 Å². The Kier molecular flexibility index (Phi) is 5.59. The Morgan fingerprint density at radius 1 is 1.30 bits per heavy atom. The van der Waals surface area contributed by atoms with Crippen LogP contribution in [0.15, 0.2) is 30.3 Å². The highest BCUT2D eigenvalue weighted by molar-refractivity contribution is 7.91. The van der Waals surface area contributed by atoms with Crippen LogP contribution in [0.1, 0.15) is 6.42 Å². The minimum absolute atomic E-state index is 0.0136. The molecule has 1 N–H and O–H groups in total. The van der Waals surface area contributed by atoms with Gasteiger partial charge in [0.15, 0.2) is 16.4 Å². The van der Waals surface area contributed by atoms with E-state index in [1.807, 2.05) is 6.07 Å². The number of para-hydroxylation sites is 1. The largest absolute Gasteiger partial charge is 0.484 e.